The Kier molecular flexibility index (Phi) is 33.9. The molecule has 0 rings (SSSR count). The lowest BCUT2D eigenvalue weighted by Crippen LogP contribution is -2.39. The van der Waals surface area contributed by atoms with E-state index in [2.05, 4.69) is 25.7 Å². The van der Waals surface area contributed by atoms with Crippen LogP contribution in [0, 0.1) is 5.41 Å². The van der Waals surface area contributed by atoms with Gasteiger partial charge in [-0.2, -0.15) is 0 Å². The SMILES string of the molecule is CCCCCCCCCCN(CCCCCO)CCCCCCC(C)(C(=O)OCCCCCCCC)C(=O)OCCCCCCCC. The number of nitrogens with zero attached hydrogens (tertiary/aromatic N) is 1. The molecule has 0 radical (unpaired) electrons. The van der Waals surface area contributed by atoms with Gasteiger partial charge in [-0.3, -0.25) is 9.59 Å². The van der Waals surface area contributed by atoms with Crippen LogP contribution in [0.25, 0.3) is 0 Å². The Balaban J connectivity index is 4.72. The third-order valence-electron chi connectivity index (χ3n) is 9.72. The summed E-state index contributed by atoms with van der Waals surface area (Å²) in [7, 11) is 0. The highest BCUT2D eigenvalue weighted by molar-refractivity contribution is 5.99. The van der Waals surface area contributed by atoms with Gasteiger partial charge in [-0.1, -0.05) is 149 Å². The summed E-state index contributed by atoms with van der Waals surface area (Å²) in [4.78, 5) is 29.2. The normalized spacial score (nSPS) is 11.8. The summed E-state index contributed by atoms with van der Waals surface area (Å²) >= 11 is 0. The van der Waals surface area contributed by atoms with Crippen LogP contribution in [-0.2, 0) is 19.1 Å². The molecule has 0 atom stereocenters. The van der Waals surface area contributed by atoms with Gasteiger partial charge in [-0.05, 0) is 77.9 Å². The van der Waals surface area contributed by atoms with E-state index in [4.69, 9.17) is 14.6 Å². The molecule has 6 heteroatoms. The zero-order valence-electron chi connectivity index (χ0n) is 32.1. The number of hydrogen-bond donors (Lipinski definition) is 1. The first-order valence-electron chi connectivity index (χ1n) is 20.6. The van der Waals surface area contributed by atoms with Gasteiger partial charge in [0.2, 0.25) is 0 Å². The number of ether oxygens (including phenoxy) is 2. The topological polar surface area (TPSA) is 76.1 Å². The van der Waals surface area contributed by atoms with Gasteiger partial charge < -0.3 is 19.5 Å². The molecule has 280 valence electrons. The minimum Gasteiger partial charge on any atom is -0.465 e. The second kappa shape index (κ2) is 34.7. The second-order valence-electron chi connectivity index (χ2n) is 14.4. The van der Waals surface area contributed by atoms with Crippen molar-refractivity contribution in [1.82, 2.24) is 4.90 Å². The van der Waals surface area contributed by atoms with Crippen molar-refractivity contribution in [3.05, 3.63) is 0 Å². The molecule has 0 spiro atoms. The van der Waals surface area contributed by atoms with Gasteiger partial charge in [0.1, 0.15) is 0 Å². The van der Waals surface area contributed by atoms with Crippen molar-refractivity contribution in [1.29, 1.82) is 0 Å². The number of aliphatic hydroxyl groups is 1. The number of esters is 2. The molecule has 47 heavy (non-hydrogen) atoms. The first kappa shape index (κ1) is 45.9. The van der Waals surface area contributed by atoms with Crippen LogP contribution in [0.15, 0.2) is 0 Å². The van der Waals surface area contributed by atoms with Crippen LogP contribution in [0.1, 0.15) is 207 Å². The summed E-state index contributed by atoms with van der Waals surface area (Å²) in [5.74, 6) is -0.808. The molecule has 0 bridgehead atoms. The van der Waals surface area contributed by atoms with Crippen LogP contribution >= 0.6 is 0 Å². The van der Waals surface area contributed by atoms with Crippen molar-refractivity contribution in [2.75, 3.05) is 39.5 Å². The van der Waals surface area contributed by atoms with Crippen molar-refractivity contribution in [2.45, 2.75) is 207 Å². The van der Waals surface area contributed by atoms with E-state index in [-0.39, 0.29) is 6.61 Å². The molecule has 0 unspecified atom stereocenters. The number of aliphatic hydroxyl groups excluding tert-OH is 1. The molecular formula is C41H81NO5. The van der Waals surface area contributed by atoms with E-state index < -0.39 is 17.4 Å². The summed E-state index contributed by atoms with van der Waals surface area (Å²) in [6.45, 7) is 12.9. The molecule has 0 heterocycles. The first-order chi connectivity index (χ1) is 23.0. The Bertz CT molecular complexity index is 655. The predicted octanol–water partition coefficient (Wildman–Crippen LogP) is 11.4. The molecule has 0 saturated heterocycles. The van der Waals surface area contributed by atoms with E-state index in [0.29, 0.717) is 19.6 Å². The van der Waals surface area contributed by atoms with Gasteiger partial charge in [0.15, 0.2) is 5.41 Å². The van der Waals surface area contributed by atoms with E-state index in [1.165, 1.54) is 109 Å². The molecule has 0 aromatic rings. The molecule has 0 aromatic carbocycles. The maximum atomic E-state index is 13.3. The Morgan fingerprint density at radius 2 is 0.787 bits per heavy atom. The Hall–Kier alpha value is -1.14. The smallest absolute Gasteiger partial charge is 0.323 e. The van der Waals surface area contributed by atoms with Gasteiger partial charge in [-0.15, -0.1) is 0 Å². The third kappa shape index (κ3) is 27.4. The molecule has 0 fully saturated rings. The lowest BCUT2D eigenvalue weighted by Gasteiger charge is -2.26. The summed E-state index contributed by atoms with van der Waals surface area (Å²) in [6.07, 6.45) is 32.0. The lowest BCUT2D eigenvalue weighted by molar-refractivity contribution is -0.172. The molecule has 6 nitrogen and oxygen atoms in total. The first-order valence-corrected chi connectivity index (χ1v) is 20.6. The van der Waals surface area contributed by atoms with Crippen LogP contribution in [0.4, 0.5) is 0 Å². The van der Waals surface area contributed by atoms with E-state index in [1.807, 2.05) is 0 Å². The Morgan fingerprint density at radius 3 is 1.17 bits per heavy atom. The maximum absolute atomic E-state index is 13.3. The van der Waals surface area contributed by atoms with Crippen molar-refractivity contribution in [2.24, 2.45) is 5.41 Å². The van der Waals surface area contributed by atoms with E-state index >= 15 is 0 Å². The highest BCUT2D eigenvalue weighted by atomic mass is 16.6. The predicted molar refractivity (Wildman–Crippen MR) is 200 cm³/mol. The zero-order chi connectivity index (χ0) is 34.7. The monoisotopic (exact) mass is 668 g/mol. The molecule has 0 aromatic heterocycles. The van der Waals surface area contributed by atoms with E-state index in [9.17, 15) is 9.59 Å². The number of unbranched alkanes of at least 4 members (excludes halogenated alkanes) is 22. The zero-order valence-corrected chi connectivity index (χ0v) is 32.1. The fourth-order valence-electron chi connectivity index (χ4n) is 6.30. The average molecular weight is 668 g/mol. The quantitative estimate of drug-likeness (QED) is 0.0404. The number of carbonyl (C=O) groups excluding carboxylic acids is 2. The molecule has 0 aliphatic rings. The largest absolute Gasteiger partial charge is 0.465 e. The van der Waals surface area contributed by atoms with Crippen LogP contribution in [0.2, 0.25) is 0 Å². The van der Waals surface area contributed by atoms with Gasteiger partial charge in [-0.25, -0.2) is 0 Å². The summed E-state index contributed by atoms with van der Waals surface area (Å²) in [6, 6.07) is 0. The van der Waals surface area contributed by atoms with Crippen LogP contribution in [-0.4, -0.2) is 61.4 Å². The summed E-state index contributed by atoms with van der Waals surface area (Å²) in [5, 5.41) is 9.17. The third-order valence-corrected chi connectivity index (χ3v) is 9.72. The molecule has 0 aliphatic carbocycles. The molecule has 0 amide bonds. The average Bonchev–Trinajstić information content (AvgIpc) is 3.07. The van der Waals surface area contributed by atoms with Crippen molar-refractivity contribution in [3.63, 3.8) is 0 Å². The van der Waals surface area contributed by atoms with Gasteiger partial charge in [0, 0.05) is 6.61 Å². The second-order valence-corrected chi connectivity index (χ2v) is 14.4. The molecular weight excluding hydrogens is 586 g/mol. The van der Waals surface area contributed by atoms with Gasteiger partial charge in [0.05, 0.1) is 13.2 Å². The van der Waals surface area contributed by atoms with Crippen LogP contribution in [0.3, 0.4) is 0 Å². The minimum absolute atomic E-state index is 0.288. The Morgan fingerprint density at radius 1 is 0.468 bits per heavy atom. The van der Waals surface area contributed by atoms with Crippen LogP contribution < -0.4 is 0 Å². The van der Waals surface area contributed by atoms with Gasteiger partial charge >= 0.3 is 11.9 Å². The van der Waals surface area contributed by atoms with E-state index in [0.717, 1.165) is 83.7 Å². The Labute approximate surface area is 292 Å². The van der Waals surface area contributed by atoms with Gasteiger partial charge in [0.25, 0.3) is 0 Å². The fraction of sp³-hybridized carbons (Fsp3) is 0.951. The van der Waals surface area contributed by atoms with Crippen molar-refractivity contribution >= 4 is 11.9 Å². The fourth-order valence-corrected chi connectivity index (χ4v) is 6.30. The summed E-state index contributed by atoms with van der Waals surface area (Å²) in [5.41, 5.74) is -1.22. The highest BCUT2D eigenvalue weighted by Gasteiger charge is 2.43. The maximum Gasteiger partial charge on any atom is 0.323 e. The molecule has 0 aliphatic heterocycles. The standard InChI is InChI=1S/C41H81NO5/c1-5-8-11-14-17-18-20-26-33-42(35-28-24-29-36-43)34-27-21-19-25-32-41(4,39(44)46-37-30-22-15-12-9-6-2)40(45)47-38-31-23-16-13-10-7-3/h43H,5-38H2,1-4H3. The highest BCUT2D eigenvalue weighted by Crippen LogP contribution is 2.29. The number of hydrogen-bond acceptors (Lipinski definition) is 6. The van der Waals surface area contributed by atoms with Crippen molar-refractivity contribution in [3.8, 4) is 0 Å². The number of carbonyl (C=O) groups is 2. The van der Waals surface area contributed by atoms with Crippen LogP contribution in [0.5, 0.6) is 0 Å². The number of rotatable bonds is 37. The van der Waals surface area contributed by atoms with Crippen molar-refractivity contribution < 1.29 is 24.2 Å². The lowest BCUT2D eigenvalue weighted by atomic mass is 9.84. The van der Waals surface area contributed by atoms with E-state index in [1.54, 1.807) is 6.92 Å². The summed E-state index contributed by atoms with van der Waals surface area (Å²) < 4.78 is 11.4. The molecule has 0 saturated carbocycles. The minimum atomic E-state index is -1.22. The molecule has 1 N–H and O–H groups in total.